The van der Waals surface area contributed by atoms with Crippen LogP contribution in [0.15, 0.2) is 6.20 Å². The molecule has 7 nitrogen and oxygen atoms in total. The average Bonchev–Trinajstić information content (AvgIpc) is 3.02. The molecule has 2 aliphatic rings. The Labute approximate surface area is 155 Å². The van der Waals surface area contributed by atoms with Crippen LogP contribution in [-0.2, 0) is 7.05 Å². The lowest BCUT2D eigenvalue weighted by atomic mass is 9.99. The number of aryl methyl sites for hydroxylation is 1. The molecule has 4 rings (SSSR count). The van der Waals surface area contributed by atoms with E-state index in [0.29, 0.717) is 12.0 Å². The van der Waals surface area contributed by atoms with Gasteiger partial charge >= 0.3 is 0 Å². The molecule has 2 fully saturated rings. The molecule has 0 bridgehead atoms. The number of hydrogen-bond donors (Lipinski definition) is 1. The third-order valence-electron chi connectivity index (χ3n) is 5.81. The summed E-state index contributed by atoms with van der Waals surface area (Å²) in [6.45, 7) is 8.22. The highest BCUT2D eigenvalue weighted by atomic mass is 16.3. The molecule has 26 heavy (non-hydrogen) atoms. The quantitative estimate of drug-likeness (QED) is 0.904. The van der Waals surface area contributed by atoms with Crippen molar-refractivity contribution in [3.8, 4) is 0 Å². The Morgan fingerprint density at radius 3 is 2.58 bits per heavy atom. The lowest BCUT2D eigenvalue weighted by Crippen LogP contribution is -2.49. The summed E-state index contributed by atoms with van der Waals surface area (Å²) in [4.78, 5) is 14.5. The maximum absolute atomic E-state index is 9.97. The van der Waals surface area contributed by atoms with E-state index in [1.165, 1.54) is 0 Å². The molecule has 2 aliphatic heterocycles. The minimum Gasteiger partial charge on any atom is -0.392 e. The minimum atomic E-state index is -0.146. The normalized spacial score (nSPS) is 23.3. The van der Waals surface area contributed by atoms with Crippen LogP contribution in [0.2, 0.25) is 0 Å². The molecule has 0 unspecified atom stereocenters. The molecule has 4 heterocycles. The van der Waals surface area contributed by atoms with Crippen LogP contribution >= 0.6 is 0 Å². The van der Waals surface area contributed by atoms with Crippen LogP contribution in [0.4, 0.5) is 5.82 Å². The van der Waals surface area contributed by atoms with Crippen LogP contribution in [0.1, 0.15) is 51.3 Å². The molecule has 2 aromatic heterocycles. The van der Waals surface area contributed by atoms with Crippen molar-refractivity contribution >= 4 is 16.9 Å². The van der Waals surface area contributed by atoms with Gasteiger partial charge in [0.25, 0.3) is 0 Å². The van der Waals surface area contributed by atoms with E-state index >= 15 is 0 Å². The van der Waals surface area contributed by atoms with Crippen molar-refractivity contribution in [2.75, 3.05) is 31.1 Å². The fourth-order valence-electron chi connectivity index (χ4n) is 4.28. The minimum absolute atomic E-state index is 0.146. The smallest absolute Gasteiger partial charge is 0.163 e. The Kier molecular flexibility index (Phi) is 4.84. The van der Waals surface area contributed by atoms with Gasteiger partial charge in [0.2, 0.25) is 0 Å². The Hall–Kier alpha value is -1.73. The largest absolute Gasteiger partial charge is 0.392 e. The van der Waals surface area contributed by atoms with Crippen LogP contribution in [-0.4, -0.2) is 68.1 Å². The summed E-state index contributed by atoms with van der Waals surface area (Å²) in [6.07, 6.45) is 6.05. The van der Waals surface area contributed by atoms with Gasteiger partial charge in [-0.2, -0.15) is 5.10 Å². The van der Waals surface area contributed by atoms with E-state index in [4.69, 9.17) is 9.97 Å². The third-order valence-corrected chi connectivity index (χ3v) is 5.81. The van der Waals surface area contributed by atoms with Crippen molar-refractivity contribution in [3.63, 3.8) is 0 Å². The van der Waals surface area contributed by atoms with Crippen molar-refractivity contribution in [3.05, 3.63) is 12.0 Å². The second-order valence-corrected chi connectivity index (χ2v) is 8.07. The van der Waals surface area contributed by atoms with Crippen molar-refractivity contribution in [2.45, 2.75) is 57.6 Å². The van der Waals surface area contributed by atoms with Gasteiger partial charge in [-0.05, 0) is 32.2 Å². The van der Waals surface area contributed by atoms with Gasteiger partial charge in [-0.1, -0.05) is 13.8 Å². The Bertz CT molecular complexity index is 765. The number of aliphatic hydroxyl groups is 1. The van der Waals surface area contributed by atoms with Crippen LogP contribution in [0.25, 0.3) is 11.0 Å². The lowest BCUT2D eigenvalue weighted by Gasteiger charge is -2.41. The van der Waals surface area contributed by atoms with Crippen molar-refractivity contribution in [1.29, 1.82) is 0 Å². The zero-order valence-electron chi connectivity index (χ0n) is 16.1. The van der Waals surface area contributed by atoms with Gasteiger partial charge in [0.1, 0.15) is 11.6 Å². The summed E-state index contributed by atoms with van der Waals surface area (Å²) in [5, 5.41) is 15.4. The average molecular weight is 358 g/mol. The number of anilines is 1. The lowest BCUT2D eigenvalue weighted by molar-refractivity contribution is 0.0398. The number of aromatic nitrogens is 4. The summed E-state index contributed by atoms with van der Waals surface area (Å²) in [7, 11) is 1.94. The van der Waals surface area contributed by atoms with Gasteiger partial charge < -0.3 is 10.0 Å². The van der Waals surface area contributed by atoms with E-state index in [-0.39, 0.29) is 6.10 Å². The molecule has 0 aliphatic carbocycles. The first-order valence-corrected chi connectivity index (χ1v) is 9.89. The third kappa shape index (κ3) is 3.30. The molecule has 0 amide bonds. The number of likely N-dealkylation sites (tertiary alicyclic amines) is 1. The fraction of sp³-hybridized carbons (Fsp3) is 0.737. The Balaban J connectivity index is 1.54. The zero-order valence-corrected chi connectivity index (χ0v) is 16.1. The van der Waals surface area contributed by atoms with E-state index in [1.807, 2.05) is 17.9 Å². The Morgan fingerprint density at radius 2 is 1.88 bits per heavy atom. The van der Waals surface area contributed by atoms with Gasteiger partial charge in [0, 0.05) is 38.6 Å². The van der Waals surface area contributed by atoms with E-state index in [1.54, 1.807) is 0 Å². The Morgan fingerprint density at radius 1 is 1.12 bits per heavy atom. The topological polar surface area (TPSA) is 70.3 Å². The van der Waals surface area contributed by atoms with Crippen molar-refractivity contribution in [2.24, 2.45) is 7.05 Å². The van der Waals surface area contributed by atoms with E-state index in [9.17, 15) is 5.11 Å². The number of aliphatic hydroxyl groups excluding tert-OH is 1. The first-order valence-electron chi connectivity index (χ1n) is 9.89. The summed E-state index contributed by atoms with van der Waals surface area (Å²) in [5.41, 5.74) is 0.917. The van der Waals surface area contributed by atoms with E-state index < -0.39 is 0 Å². The van der Waals surface area contributed by atoms with E-state index in [2.05, 4.69) is 28.7 Å². The summed E-state index contributed by atoms with van der Waals surface area (Å²) in [5.74, 6) is 2.21. The predicted molar refractivity (Wildman–Crippen MR) is 102 cm³/mol. The molecule has 0 saturated carbocycles. The standard InChI is InChI=1S/C19H30N6O/c1-13(2)17-21-18-16(11-20-23(18)3)19(22-17)24-9-6-14(7-10-24)25-8-4-5-15(26)12-25/h11,13-15,26H,4-10,12H2,1-3H3/t15-/m0/s1. The second kappa shape index (κ2) is 7.12. The first-order chi connectivity index (χ1) is 12.5. The monoisotopic (exact) mass is 358 g/mol. The predicted octanol–water partition coefficient (Wildman–Crippen LogP) is 1.91. The molecule has 0 spiro atoms. The van der Waals surface area contributed by atoms with Gasteiger partial charge in [-0.25, -0.2) is 9.97 Å². The highest BCUT2D eigenvalue weighted by Gasteiger charge is 2.29. The summed E-state index contributed by atoms with van der Waals surface area (Å²) >= 11 is 0. The number of hydrogen-bond acceptors (Lipinski definition) is 6. The van der Waals surface area contributed by atoms with Crippen LogP contribution in [0, 0.1) is 0 Å². The summed E-state index contributed by atoms with van der Waals surface area (Å²) in [6, 6.07) is 0.581. The van der Waals surface area contributed by atoms with Crippen molar-refractivity contribution < 1.29 is 5.11 Å². The molecule has 1 N–H and O–H groups in total. The molecule has 1 atom stereocenters. The molecular weight excluding hydrogens is 328 g/mol. The molecule has 0 aromatic carbocycles. The number of nitrogens with zero attached hydrogens (tertiary/aromatic N) is 6. The van der Waals surface area contributed by atoms with Crippen LogP contribution in [0.5, 0.6) is 0 Å². The molecule has 2 saturated heterocycles. The number of β-amino-alcohol motifs (C(OH)–C–C–N with tert-alkyl or cyclic N) is 1. The highest BCUT2D eigenvalue weighted by molar-refractivity contribution is 5.87. The van der Waals surface area contributed by atoms with Crippen LogP contribution < -0.4 is 4.90 Å². The number of fused-ring (bicyclic) bond motifs is 1. The number of piperidine rings is 2. The van der Waals surface area contributed by atoms with Gasteiger partial charge in [0.05, 0.1) is 17.7 Å². The zero-order chi connectivity index (χ0) is 18.3. The van der Waals surface area contributed by atoms with Crippen molar-refractivity contribution in [1.82, 2.24) is 24.6 Å². The fourth-order valence-corrected chi connectivity index (χ4v) is 4.28. The first kappa shape index (κ1) is 17.7. The van der Waals surface area contributed by atoms with Gasteiger partial charge in [-0.3, -0.25) is 9.58 Å². The number of rotatable bonds is 3. The molecule has 142 valence electrons. The molecule has 0 radical (unpaired) electrons. The van der Waals surface area contributed by atoms with Gasteiger partial charge in [0.15, 0.2) is 5.65 Å². The van der Waals surface area contributed by atoms with Gasteiger partial charge in [-0.15, -0.1) is 0 Å². The molecular formula is C19H30N6O. The van der Waals surface area contributed by atoms with E-state index in [0.717, 1.165) is 74.5 Å². The molecule has 2 aromatic rings. The SMILES string of the molecule is CC(C)c1nc(N2CCC(N3CCC[C@H](O)C3)CC2)c2cnn(C)c2n1. The highest BCUT2D eigenvalue weighted by Crippen LogP contribution is 2.29. The molecule has 7 heteroatoms. The maximum atomic E-state index is 9.97. The second-order valence-electron chi connectivity index (χ2n) is 8.07. The summed E-state index contributed by atoms with van der Waals surface area (Å²) < 4.78 is 1.84. The maximum Gasteiger partial charge on any atom is 0.163 e. The van der Waals surface area contributed by atoms with Crippen LogP contribution in [0.3, 0.4) is 0 Å².